The van der Waals surface area contributed by atoms with Crippen molar-refractivity contribution in [2.24, 2.45) is 13.0 Å². The average Bonchev–Trinajstić information content (AvgIpc) is 3.40. The molecule has 5 rings (SSSR count). The number of hydrogen-bond donors (Lipinski definition) is 1. The molecule has 0 saturated heterocycles. The van der Waals surface area contributed by atoms with Crippen molar-refractivity contribution in [1.29, 1.82) is 0 Å². The highest BCUT2D eigenvalue weighted by Crippen LogP contribution is 2.41. The second-order valence-electron chi connectivity index (χ2n) is 8.77. The van der Waals surface area contributed by atoms with Gasteiger partial charge in [-0.05, 0) is 46.9 Å². The predicted octanol–water partition coefficient (Wildman–Crippen LogP) is 4.26. The van der Waals surface area contributed by atoms with Crippen LogP contribution in [-0.4, -0.2) is 33.8 Å². The standard InChI is InChI=1S/C25H23F2N5O2S/c1-15-21(20-5-4-18(26)9-23(20)27)10-19(30-35(3,33)34)11-22(15)24-13-28-25-8-16(6-7-32(24)25)17-12-29-31(2)14-17/h4-15,21,30H,1-3H3. The van der Waals surface area contributed by atoms with E-state index in [1.54, 1.807) is 29.2 Å². The van der Waals surface area contributed by atoms with Gasteiger partial charge in [0.15, 0.2) is 0 Å². The first kappa shape index (κ1) is 23.0. The number of hydrogen-bond acceptors (Lipinski definition) is 4. The van der Waals surface area contributed by atoms with E-state index in [4.69, 9.17) is 0 Å². The highest BCUT2D eigenvalue weighted by molar-refractivity contribution is 7.88. The van der Waals surface area contributed by atoms with Crippen molar-refractivity contribution in [3.8, 4) is 11.1 Å². The maximum Gasteiger partial charge on any atom is 0.229 e. The summed E-state index contributed by atoms with van der Waals surface area (Å²) in [7, 11) is -1.73. The molecular formula is C25H23F2N5O2S. The van der Waals surface area contributed by atoms with Crippen LogP contribution in [0.1, 0.15) is 24.1 Å². The Morgan fingerprint density at radius 3 is 2.57 bits per heavy atom. The molecule has 7 nitrogen and oxygen atoms in total. The fourth-order valence-electron chi connectivity index (χ4n) is 4.54. The molecule has 0 spiro atoms. The normalized spacial score (nSPS) is 18.4. The Kier molecular flexibility index (Phi) is 5.55. The van der Waals surface area contributed by atoms with Crippen LogP contribution in [-0.2, 0) is 17.1 Å². The maximum atomic E-state index is 14.8. The van der Waals surface area contributed by atoms with Crippen molar-refractivity contribution >= 4 is 21.2 Å². The quantitative estimate of drug-likeness (QED) is 0.449. The topological polar surface area (TPSA) is 81.3 Å². The molecule has 35 heavy (non-hydrogen) atoms. The van der Waals surface area contributed by atoms with Gasteiger partial charge in [-0.25, -0.2) is 22.2 Å². The van der Waals surface area contributed by atoms with Crippen LogP contribution in [0.3, 0.4) is 0 Å². The Hall–Kier alpha value is -3.79. The number of imidazole rings is 1. The summed E-state index contributed by atoms with van der Waals surface area (Å²) in [5.41, 5.74) is 4.73. The highest BCUT2D eigenvalue weighted by Gasteiger charge is 2.30. The molecule has 2 atom stereocenters. The number of nitrogens with zero attached hydrogens (tertiary/aromatic N) is 4. The van der Waals surface area contributed by atoms with Gasteiger partial charge in [0.05, 0.1) is 24.3 Å². The van der Waals surface area contributed by atoms with Crippen molar-refractivity contribution < 1.29 is 17.2 Å². The first-order valence-electron chi connectivity index (χ1n) is 10.9. The summed E-state index contributed by atoms with van der Waals surface area (Å²) in [5.74, 6) is -2.13. The van der Waals surface area contributed by atoms with Crippen molar-refractivity contribution in [3.63, 3.8) is 0 Å². The van der Waals surface area contributed by atoms with Crippen molar-refractivity contribution in [1.82, 2.24) is 23.9 Å². The van der Waals surface area contributed by atoms with Crippen LogP contribution in [0.5, 0.6) is 0 Å². The smallest absolute Gasteiger partial charge is 0.229 e. The van der Waals surface area contributed by atoms with Gasteiger partial charge in [-0.3, -0.25) is 13.8 Å². The lowest BCUT2D eigenvalue weighted by molar-refractivity contribution is 0.544. The monoisotopic (exact) mass is 495 g/mol. The average molecular weight is 496 g/mol. The molecule has 3 heterocycles. The number of nitrogens with one attached hydrogen (secondary N) is 1. The van der Waals surface area contributed by atoms with E-state index in [0.717, 1.165) is 34.7 Å². The highest BCUT2D eigenvalue weighted by atomic mass is 32.2. The van der Waals surface area contributed by atoms with Gasteiger partial charge in [0.1, 0.15) is 17.3 Å². The second-order valence-corrected chi connectivity index (χ2v) is 10.5. The number of allylic oxidation sites excluding steroid dienone is 3. The Morgan fingerprint density at radius 1 is 1.09 bits per heavy atom. The molecule has 10 heteroatoms. The number of halogens is 2. The number of rotatable bonds is 5. The van der Waals surface area contributed by atoms with E-state index in [0.29, 0.717) is 11.3 Å². The molecule has 1 N–H and O–H groups in total. The first-order chi connectivity index (χ1) is 16.6. The Morgan fingerprint density at radius 2 is 1.89 bits per heavy atom. The third kappa shape index (κ3) is 4.49. The fraction of sp³-hybridized carbons (Fsp3) is 0.200. The van der Waals surface area contributed by atoms with Crippen LogP contribution in [0.2, 0.25) is 0 Å². The van der Waals surface area contributed by atoms with E-state index < -0.39 is 27.6 Å². The predicted molar refractivity (Wildman–Crippen MR) is 130 cm³/mol. The number of pyridine rings is 1. The van der Waals surface area contributed by atoms with Gasteiger partial charge in [-0.15, -0.1) is 0 Å². The van der Waals surface area contributed by atoms with E-state index >= 15 is 0 Å². The minimum Gasteiger partial charge on any atom is -0.300 e. The molecule has 0 bridgehead atoms. The van der Waals surface area contributed by atoms with Gasteiger partial charge in [-0.1, -0.05) is 19.1 Å². The van der Waals surface area contributed by atoms with Gasteiger partial charge >= 0.3 is 0 Å². The summed E-state index contributed by atoms with van der Waals surface area (Å²) in [6, 6.07) is 7.33. The van der Waals surface area contributed by atoms with Gasteiger partial charge in [-0.2, -0.15) is 5.10 Å². The molecule has 1 aliphatic carbocycles. The summed E-state index contributed by atoms with van der Waals surface area (Å²) >= 11 is 0. The van der Waals surface area contributed by atoms with Gasteiger partial charge in [0.25, 0.3) is 0 Å². The molecule has 0 fully saturated rings. The van der Waals surface area contributed by atoms with Crippen LogP contribution < -0.4 is 4.72 Å². The van der Waals surface area contributed by atoms with E-state index in [1.165, 1.54) is 12.1 Å². The summed E-state index contributed by atoms with van der Waals surface area (Å²) in [6.45, 7) is 1.93. The number of aryl methyl sites for hydroxylation is 1. The summed E-state index contributed by atoms with van der Waals surface area (Å²) < 4.78 is 58.4. The van der Waals surface area contributed by atoms with Gasteiger partial charge < -0.3 is 0 Å². The molecule has 1 aromatic carbocycles. The Labute approximate surface area is 201 Å². The molecule has 180 valence electrons. The second kappa shape index (κ2) is 8.46. The van der Waals surface area contributed by atoms with Crippen molar-refractivity contribution in [2.45, 2.75) is 12.8 Å². The minimum atomic E-state index is -3.58. The van der Waals surface area contributed by atoms with E-state index in [9.17, 15) is 17.2 Å². The Bertz CT molecular complexity index is 1620. The summed E-state index contributed by atoms with van der Waals surface area (Å²) in [5, 5.41) is 4.21. The molecule has 2 unspecified atom stereocenters. The molecule has 3 aromatic heterocycles. The SMILES string of the molecule is CC1C(c2cnc3cc(-c4cnn(C)c4)ccn23)=CC(NS(C)(=O)=O)=CC1c1ccc(F)cc1F. The molecule has 1 aliphatic rings. The third-order valence-corrected chi connectivity index (χ3v) is 6.78. The van der Waals surface area contributed by atoms with Crippen molar-refractivity contribution in [3.05, 3.63) is 95.9 Å². The van der Waals surface area contributed by atoms with E-state index in [1.807, 2.05) is 42.9 Å². The number of fused-ring (bicyclic) bond motifs is 1. The van der Waals surface area contributed by atoms with Crippen LogP contribution in [0.25, 0.3) is 22.3 Å². The van der Waals surface area contributed by atoms with Crippen LogP contribution in [0.4, 0.5) is 8.78 Å². The van der Waals surface area contributed by atoms with E-state index in [-0.39, 0.29) is 11.5 Å². The summed E-state index contributed by atoms with van der Waals surface area (Å²) in [4.78, 5) is 4.56. The van der Waals surface area contributed by atoms with Crippen molar-refractivity contribution in [2.75, 3.05) is 6.26 Å². The molecule has 0 amide bonds. The Balaban J connectivity index is 1.61. The van der Waals surface area contributed by atoms with E-state index in [2.05, 4.69) is 14.8 Å². The number of benzene rings is 1. The van der Waals surface area contributed by atoms with Crippen LogP contribution in [0, 0.1) is 17.6 Å². The zero-order valence-electron chi connectivity index (χ0n) is 19.3. The maximum absolute atomic E-state index is 14.8. The van der Waals surface area contributed by atoms with Crippen LogP contribution in [0.15, 0.2) is 73.0 Å². The minimum absolute atomic E-state index is 0.252. The fourth-order valence-corrected chi connectivity index (χ4v) is 5.09. The lowest BCUT2D eigenvalue weighted by atomic mass is 9.77. The molecular weight excluding hydrogens is 472 g/mol. The lowest BCUT2D eigenvalue weighted by Gasteiger charge is -2.29. The summed E-state index contributed by atoms with van der Waals surface area (Å²) in [6.07, 6.45) is 11.8. The third-order valence-electron chi connectivity index (χ3n) is 6.17. The number of aromatic nitrogens is 4. The zero-order chi connectivity index (χ0) is 24.9. The van der Waals surface area contributed by atoms with Crippen LogP contribution >= 0.6 is 0 Å². The number of sulfonamides is 1. The largest absolute Gasteiger partial charge is 0.300 e. The van der Waals surface area contributed by atoms with Gasteiger partial charge in [0.2, 0.25) is 10.0 Å². The molecule has 0 aliphatic heterocycles. The molecule has 0 saturated carbocycles. The lowest BCUT2D eigenvalue weighted by Crippen LogP contribution is -2.25. The zero-order valence-corrected chi connectivity index (χ0v) is 20.1. The van der Waals surface area contributed by atoms with Gasteiger partial charge in [0, 0.05) is 42.7 Å². The molecule has 0 radical (unpaired) electrons. The molecule has 4 aromatic rings. The first-order valence-corrected chi connectivity index (χ1v) is 12.8.